The lowest BCUT2D eigenvalue weighted by Crippen LogP contribution is -2.29. The second-order valence-corrected chi connectivity index (χ2v) is 10.9. The second-order valence-electron chi connectivity index (χ2n) is 7.88. The number of hydrogen-bond acceptors (Lipinski definition) is 6. The number of fused-ring (bicyclic) bond motifs is 1. The smallest absolute Gasteiger partial charge is 0.408 e. The van der Waals surface area contributed by atoms with Crippen LogP contribution in [0.25, 0.3) is 11.1 Å². The van der Waals surface area contributed by atoms with E-state index >= 15 is 0 Å². The molecule has 2 N–H and O–H groups in total. The lowest BCUT2D eigenvalue weighted by atomic mass is 10.0. The maximum Gasteiger partial charge on any atom is 0.417 e. The molecule has 1 atom stereocenters. The Morgan fingerprint density at radius 3 is 2.51 bits per heavy atom. The lowest BCUT2D eigenvalue weighted by Gasteiger charge is -2.25. The van der Waals surface area contributed by atoms with Gasteiger partial charge in [-0.1, -0.05) is 46.9 Å². The van der Waals surface area contributed by atoms with Crippen molar-refractivity contribution in [2.24, 2.45) is 5.10 Å². The predicted octanol–water partition coefficient (Wildman–Crippen LogP) is 5.37. The Morgan fingerprint density at radius 2 is 1.77 bits per heavy atom. The van der Waals surface area contributed by atoms with Gasteiger partial charge in [0.1, 0.15) is 0 Å². The minimum atomic E-state index is -3.90. The van der Waals surface area contributed by atoms with Gasteiger partial charge in [0, 0.05) is 22.5 Å². The van der Waals surface area contributed by atoms with Crippen molar-refractivity contribution in [1.82, 2.24) is 9.71 Å². The van der Waals surface area contributed by atoms with Gasteiger partial charge in [-0.25, -0.2) is 17.9 Å². The minimum absolute atomic E-state index is 0.0245. The molecule has 5 rings (SSSR count). The maximum atomic E-state index is 12.9. The van der Waals surface area contributed by atoms with Crippen LogP contribution in [-0.2, 0) is 10.0 Å². The predicted molar refractivity (Wildman–Crippen MR) is 137 cm³/mol. The summed E-state index contributed by atoms with van der Waals surface area (Å²) in [5.74, 6) is -0.656. The van der Waals surface area contributed by atoms with Gasteiger partial charge < -0.3 is 4.42 Å². The van der Waals surface area contributed by atoms with Crippen molar-refractivity contribution in [3.05, 3.63) is 91.8 Å². The third-order valence-electron chi connectivity index (χ3n) is 5.55. The number of H-pyrrole nitrogens is 1. The number of sulfonamides is 1. The monoisotopic (exact) mass is 550 g/mol. The number of benzene rings is 3. The van der Waals surface area contributed by atoms with Crippen molar-refractivity contribution in [1.29, 1.82) is 0 Å². The van der Waals surface area contributed by atoms with E-state index in [4.69, 9.17) is 39.2 Å². The number of rotatable bonds is 6. The van der Waals surface area contributed by atoms with Gasteiger partial charge in [0.05, 0.1) is 39.4 Å². The summed E-state index contributed by atoms with van der Waals surface area (Å²) in [5, 5.41) is 7.95. The van der Waals surface area contributed by atoms with Crippen LogP contribution in [0.3, 0.4) is 0 Å². The van der Waals surface area contributed by atoms with Crippen LogP contribution in [0.5, 0.6) is 0 Å². The fraction of sp³-hybridized carbons (Fsp3) is 0.130. The van der Waals surface area contributed by atoms with Crippen molar-refractivity contribution in [3.8, 4) is 0 Å². The van der Waals surface area contributed by atoms with E-state index in [2.05, 4.69) is 14.8 Å². The molecule has 1 unspecified atom stereocenters. The van der Waals surface area contributed by atoms with Crippen molar-refractivity contribution < 1.29 is 12.8 Å². The van der Waals surface area contributed by atoms with E-state index in [1.165, 1.54) is 18.2 Å². The van der Waals surface area contributed by atoms with Crippen molar-refractivity contribution in [2.75, 3.05) is 11.6 Å². The summed E-state index contributed by atoms with van der Waals surface area (Å²) in [7, 11) is -3.90. The second kappa shape index (κ2) is 9.33. The van der Waals surface area contributed by atoms with Gasteiger partial charge in [-0.2, -0.15) is 5.10 Å². The number of hydrogen-bond donors (Lipinski definition) is 2. The van der Waals surface area contributed by atoms with Crippen LogP contribution in [0.2, 0.25) is 15.1 Å². The quantitative estimate of drug-likeness (QED) is 0.335. The minimum Gasteiger partial charge on any atom is -0.408 e. The Morgan fingerprint density at radius 1 is 1.03 bits per heavy atom. The third-order valence-corrected chi connectivity index (χ3v) is 7.74. The van der Waals surface area contributed by atoms with Crippen LogP contribution in [0.15, 0.2) is 79.9 Å². The standard InChI is InChI=1S/C23H17Cl3N4O4S/c24-14-3-1-13(2-4-14)21-10-16(29-30(21)20-8-5-15(25)9-18(20)26)12-27-35(32,33)17-6-7-19-22(11-17)34-23(31)28-19/h1-9,11,21,27H,10,12H2,(H,28,31). The normalized spacial score (nSPS) is 16.1. The number of oxazole rings is 1. The number of nitrogens with one attached hydrogen (secondary N) is 2. The number of aromatic nitrogens is 1. The summed E-state index contributed by atoms with van der Waals surface area (Å²) in [6.45, 7) is -0.0245. The third kappa shape index (κ3) is 4.96. The molecule has 0 spiro atoms. The fourth-order valence-electron chi connectivity index (χ4n) is 3.87. The Labute approximate surface area is 215 Å². The Balaban J connectivity index is 1.42. The van der Waals surface area contributed by atoms with Crippen LogP contribution < -0.4 is 15.5 Å². The molecule has 0 aliphatic carbocycles. The summed E-state index contributed by atoms with van der Waals surface area (Å²) in [6, 6.07) is 16.4. The largest absolute Gasteiger partial charge is 0.417 e. The number of anilines is 1. The maximum absolute atomic E-state index is 12.9. The topological polar surface area (TPSA) is 108 Å². The molecule has 8 nitrogen and oxygen atoms in total. The van der Waals surface area contributed by atoms with E-state index in [-0.39, 0.29) is 23.1 Å². The molecule has 0 saturated heterocycles. The number of nitrogens with zero attached hydrogens (tertiary/aromatic N) is 2. The summed E-state index contributed by atoms with van der Waals surface area (Å²) in [5.41, 5.74) is 2.75. The highest BCUT2D eigenvalue weighted by Crippen LogP contribution is 2.39. The van der Waals surface area contributed by atoms with E-state index in [1.54, 1.807) is 35.3 Å². The van der Waals surface area contributed by atoms with Crippen molar-refractivity contribution in [2.45, 2.75) is 17.4 Å². The SMILES string of the molecule is O=c1[nH]c2ccc(S(=O)(=O)NCC3=NN(c4ccc(Cl)cc4Cl)C(c4ccc(Cl)cc4)C3)cc2o1. The number of halogens is 3. The molecule has 0 amide bonds. The number of aromatic amines is 1. The molecule has 2 heterocycles. The van der Waals surface area contributed by atoms with Gasteiger partial charge in [-0.3, -0.25) is 9.99 Å². The first kappa shape index (κ1) is 23.9. The highest BCUT2D eigenvalue weighted by molar-refractivity contribution is 7.89. The van der Waals surface area contributed by atoms with E-state index in [9.17, 15) is 13.2 Å². The molecular formula is C23H17Cl3N4O4S. The molecular weight excluding hydrogens is 535 g/mol. The molecule has 0 saturated carbocycles. The first-order valence-corrected chi connectivity index (χ1v) is 13.0. The zero-order valence-electron chi connectivity index (χ0n) is 17.8. The Hall–Kier alpha value is -2.82. The highest BCUT2D eigenvalue weighted by atomic mass is 35.5. The first-order chi connectivity index (χ1) is 16.7. The average Bonchev–Trinajstić information content (AvgIpc) is 3.40. The molecule has 1 aliphatic rings. The Kier molecular flexibility index (Phi) is 6.37. The van der Waals surface area contributed by atoms with Crippen molar-refractivity contribution >= 4 is 67.3 Å². The summed E-state index contributed by atoms with van der Waals surface area (Å²) in [4.78, 5) is 13.8. The Bertz CT molecular complexity index is 1610. The first-order valence-electron chi connectivity index (χ1n) is 10.4. The van der Waals surface area contributed by atoms with E-state index < -0.39 is 15.8 Å². The van der Waals surface area contributed by atoms with Gasteiger partial charge >= 0.3 is 5.76 Å². The van der Waals surface area contributed by atoms with Crippen LogP contribution in [0.1, 0.15) is 18.0 Å². The molecule has 0 radical (unpaired) electrons. The molecule has 1 aliphatic heterocycles. The molecule has 3 aromatic carbocycles. The molecule has 4 aromatic rings. The zero-order chi connectivity index (χ0) is 24.7. The fourth-order valence-corrected chi connectivity index (χ4v) is 5.52. The summed E-state index contributed by atoms with van der Waals surface area (Å²) >= 11 is 18.6. The van der Waals surface area contributed by atoms with E-state index in [0.717, 1.165) is 5.56 Å². The molecule has 0 fully saturated rings. The van der Waals surface area contributed by atoms with Gasteiger partial charge in [-0.05, 0) is 48.0 Å². The average molecular weight is 552 g/mol. The summed E-state index contributed by atoms with van der Waals surface area (Å²) in [6.07, 6.45) is 0.453. The molecule has 1 aromatic heterocycles. The van der Waals surface area contributed by atoms with Crippen molar-refractivity contribution in [3.63, 3.8) is 0 Å². The molecule has 0 bridgehead atoms. The summed E-state index contributed by atoms with van der Waals surface area (Å²) < 4.78 is 33.4. The van der Waals surface area contributed by atoms with Crippen LogP contribution in [-0.4, -0.2) is 25.7 Å². The van der Waals surface area contributed by atoms with E-state index in [1.807, 2.05) is 12.1 Å². The zero-order valence-corrected chi connectivity index (χ0v) is 20.9. The van der Waals surface area contributed by atoms with Crippen LogP contribution >= 0.6 is 34.8 Å². The van der Waals surface area contributed by atoms with Gasteiger partial charge in [-0.15, -0.1) is 0 Å². The van der Waals surface area contributed by atoms with Crippen LogP contribution in [0.4, 0.5) is 5.69 Å². The lowest BCUT2D eigenvalue weighted by molar-refractivity contribution is 0.553. The number of hydrazone groups is 1. The van der Waals surface area contributed by atoms with Gasteiger partial charge in [0.2, 0.25) is 10.0 Å². The van der Waals surface area contributed by atoms with E-state index in [0.29, 0.717) is 38.4 Å². The van der Waals surface area contributed by atoms with Crippen LogP contribution in [0, 0.1) is 0 Å². The molecule has 12 heteroatoms. The van der Waals surface area contributed by atoms with Gasteiger partial charge in [0.25, 0.3) is 0 Å². The van der Waals surface area contributed by atoms with Gasteiger partial charge in [0.15, 0.2) is 5.58 Å². The molecule has 35 heavy (non-hydrogen) atoms. The molecule has 180 valence electrons. The highest BCUT2D eigenvalue weighted by Gasteiger charge is 2.31.